The summed E-state index contributed by atoms with van der Waals surface area (Å²) < 4.78 is 16.9. The quantitative estimate of drug-likeness (QED) is 0.0262. The van der Waals surface area contributed by atoms with Gasteiger partial charge in [-0.2, -0.15) is 0 Å². The van der Waals surface area contributed by atoms with Crippen LogP contribution in [0, 0.1) is 0 Å². The van der Waals surface area contributed by atoms with Crippen molar-refractivity contribution in [2.75, 3.05) is 13.2 Å². The Morgan fingerprint density at radius 2 is 0.600 bits per heavy atom. The molecule has 0 aliphatic rings. The third kappa shape index (κ3) is 52.7. The molecule has 0 heterocycles. The van der Waals surface area contributed by atoms with Gasteiger partial charge in [-0.1, -0.05) is 276 Å². The minimum Gasteiger partial charge on any atom is -0.462 e. The number of carbonyl (C=O) groups is 3. The number of esters is 3. The van der Waals surface area contributed by atoms with E-state index in [0.717, 1.165) is 77.0 Å². The highest BCUT2D eigenvalue weighted by Crippen LogP contribution is 2.17. The minimum atomic E-state index is -0.769. The van der Waals surface area contributed by atoms with Crippen LogP contribution in [0.4, 0.5) is 0 Å². The Labute approximate surface area is 404 Å². The largest absolute Gasteiger partial charge is 0.462 e. The fourth-order valence-electron chi connectivity index (χ4n) is 8.66. The first-order chi connectivity index (χ1) is 32.0. The van der Waals surface area contributed by atoms with E-state index in [4.69, 9.17) is 14.2 Å². The van der Waals surface area contributed by atoms with Crippen molar-refractivity contribution in [1.29, 1.82) is 0 Å². The van der Waals surface area contributed by atoms with Crippen molar-refractivity contribution in [3.05, 3.63) is 24.3 Å². The fourth-order valence-corrected chi connectivity index (χ4v) is 8.66. The molecule has 0 N–H and O–H groups in total. The normalized spacial score (nSPS) is 12.1. The second kappa shape index (κ2) is 54.5. The first kappa shape index (κ1) is 62.9. The van der Waals surface area contributed by atoms with Gasteiger partial charge in [-0.15, -0.1) is 0 Å². The maximum atomic E-state index is 12.8. The van der Waals surface area contributed by atoms with Gasteiger partial charge in [0.05, 0.1) is 0 Å². The van der Waals surface area contributed by atoms with Crippen LogP contribution in [0.15, 0.2) is 24.3 Å². The highest BCUT2D eigenvalue weighted by atomic mass is 16.6. The van der Waals surface area contributed by atoms with E-state index in [9.17, 15) is 14.4 Å². The molecule has 0 radical (unpaired) electrons. The molecule has 0 bridgehead atoms. The van der Waals surface area contributed by atoms with E-state index in [0.29, 0.717) is 19.3 Å². The summed E-state index contributed by atoms with van der Waals surface area (Å²) in [6.45, 7) is 6.58. The van der Waals surface area contributed by atoms with Crippen LogP contribution in [-0.4, -0.2) is 37.2 Å². The van der Waals surface area contributed by atoms with E-state index in [2.05, 4.69) is 45.1 Å². The summed E-state index contributed by atoms with van der Waals surface area (Å²) in [5, 5.41) is 0. The molecule has 0 fully saturated rings. The van der Waals surface area contributed by atoms with E-state index < -0.39 is 6.10 Å². The molecule has 0 amide bonds. The molecule has 6 heteroatoms. The molecular weight excluding hydrogens is 805 g/mol. The van der Waals surface area contributed by atoms with Crippen LogP contribution >= 0.6 is 0 Å². The van der Waals surface area contributed by atoms with Gasteiger partial charge < -0.3 is 14.2 Å². The van der Waals surface area contributed by atoms with Crippen molar-refractivity contribution in [2.45, 2.75) is 322 Å². The SMILES string of the molecule is CC/C=C\C/C=C\CCCCCCCCCC(=O)OCC(COC(=O)CCCCCCCCCCCCCCCCCCC)OC(=O)CCCCCCCCCCCCCCCCCC. The standard InChI is InChI=1S/C59H110O6/c1-4-7-10-13-16-19-22-25-28-30-32-34-37-40-43-46-49-52-58(61)64-55-56(54-63-57(60)51-48-45-42-39-36-33-27-24-21-18-15-12-9-6-3)65-59(62)53-50-47-44-41-38-35-31-29-26-23-20-17-14-11-8-5-2/h9,12,18,21,56H,4-8,10-11,13-17,19-20,22-55H2,1-3H3/b12-9-,21-18-. The third-order valence-corrected chi connectivity index (χ3v) is 13.0. The number of unbranched alkanes of at least 4 members (excludes halogenated alkanes) is 38. The van der Waals surface area contributed by atoms with E-state index in [1.807, 2.05) is 0 Å². The summed E-state index contributed by atoms with van der Waals surface area (Å²) in [6.07, 6.45) is 63.1. The molecular formula is C59H110O6. The van der Waals surface area contributed by atoms with Crippen molar-refractivity contribution in [3.8, 4) is 0 Å². The highest BCUT2D eigenvalue weighted by Gasteiger charge is 2.19. The molecule has 0 saturated carbocycles. The summed E-state index contributed by atoms with van der Waals surface area (Å²) in [5.74, 6) is -0.854. The molecule has 0 aromatic carbocycles. The molecule has 1 atom stereocenters. The first-order valence-corrected chi connectivity index (χ1v) is 28.8. The van der Waals surface area contributed by atoms with Gasteiger partial charge in [-0.25, -0.2) is 0 Å². The Bertz CT molecular complexity index is 1050. The van der Waals surface area contributed by atoms with E-state index in [-0.39, 0.29) is 31.1 Å². The van der Waals surface area contributed by atoms with Gasteiger partial charge in [-0.3, -0.25) is 14.4 Å². The molecule has 0 aliphatic heterocycles. The number of ether oxygens (including phenoxy) is 3. The van der Waals surface area contributed by atoms with Crippen molar-refractivity contribution < 1.29 is 28.6 Å². The molecule has 65 heavy (non-hydrogen) atoms. The van der Waals surface area contributed by atoms with Crippen LogP contribution in [0.5, 0.6) is 0 Å². The molecule has 0 rings (SSSR count). The summed E-state index contributed by atoms with van der Waals surface area (Å²) >= 11 is 0. The molecule has 0 aromatic heterocycles. The lowest BCUT2D eigenvalue weighted by molar-refractivity contribution is -0.167. The number of rotatable bonds is 53. The van der Waals surface area contributed by atoms with E-state index in [1.54, 1.807) is 0 Å². The lowest BCUT2D eigenvalue weighted by Gasteiger charge is -2.18. The predicted octanol–water partition coefficient (Wildman–Crippen LogP) is 19.1. The van der Waals surface area contributed by atoms with Crippen LogP contribution < -0.4 is 0 Å². The van der Waals surface area contributed by atoms with Gasteiger partial charge >= 0.3 is 17.9 Å². The van der Waals surface area contributed by atoms with Crippen LogP contribution in [0.3, 0.4) is 0 Å². The Balaban J connectivity index is 4.31. The molecule has 0 saturated heterocycles. The zero-order valence-electron chi connectivity index (χ0n) is 43.8. The number of hydrogen-bond donors (Lipinski definition) is 0. The zero-order valence-corrected chi connectivity index (χ0v) is 43.8. The van der Waals surface area contributed by atoms with Crippen molar-refractivity contribution in [2.24, 2.45) is 0 Å². The maximum Gasteiger partial charge on any atom is 0.306 e. The van der Waals surface area contributed by atoms with Gasteiger partial charge in [0.1, 0.15) is 13.2 Å². The topological polar surface area (TPSA) is 78.9 Å². The van der Waals surface area contributed by atoms with Gasteiger partial charge in [-0.05, 0) is 44.9 Å². The average Bonchev–Trinajstić information content (AvgIpc) is 3.30. The smallest absolute Gasteiger partial charge is 0.306 e. The Hall–Kier alpha value is -2.11. The molecule has 0 aliphatic carbocycles. The monoisotopic (exact) mass is 915 g/mol. The molecule has 0 spiro atoms. The zero-order chi connectivity index (χ0) is 47.2. The van der Waals surface area contributed by atoms with Gasteiger partial charge in [0.15, 0.2) is 6.10 Å². The van der Waals surface area contributed by atoms with Gasteiger partial charge in [0, 0.05) is 19.3 Å². The first-order valence-electron chi connectivity index (χ1n) is 28.8. The summed E-state index contributed by atoms with van der Waals surface area (Å²) in [6, 6.07) is 0. The van der Waals surface area contributed by atoms with Gasteiger partial charge in [0.25, 0.3) is 0 Å². The second-order valence-corrected chi connectivity index (χ2v) is 19.5. The van der Waals surface area contributed by atoms with E-state index >= 15 is 0 Å². The molecule has 0 aromatic rings. The molecule has 6 nitrogen and oxygen atoms in total. The van der Waals surface area contributed by atoms with Crippen LogP contribution in [-0.2, 0) is 28.6 Å². The summed E-state index contributed by atoms with van der Waals surface area (Å²) in [4.78, 5) is 38.1. The summed E-state index contributed by atoms with van der Waals surface area (Å²) in [5.41, 5.74) is 0. The second-order valence-electron chi connectivity index (χ2n) is 19.5. The van der Waals surface area contributed by atoms with Crippen LogP contribution in [0.25, 0.3) is 0 Å². The lowest BCUT2D eigenvalue weighted by Crippen LogP contribution is -2.30. The lowest BCUT2D eigenvalue weighted by atomic mass is 10.0. The Morgan fingerprint density at radius 1 is 0.323 bits per heavy atom. The third-order valence-electron chi connectivity index (χ3n) is 13.0. The van der Waals surface area contributed by atoms with Crippen LogP contribution in [0.1, 0.15) is 316 Å². The summed E-state index contributed by atoms with van der Waals surface area (Å²) in [7, 11) is 0. The number of carbonyl (C=O) groups excluding carboxylic acids is 3. The van der Waals surface area contributed by atoms with E-state index in [1.165, 1.54) is 199 Å². The van der Waals surface area contributed by atoms with Crippen molar-refractivity contribution in [3.63, 3.8) is 0 Å². The Morgan fingerprint density at radius 3 is 0.923 bits per heavy atom. The average molecular weight is 916 g/mol. The highest BCUT2D eigenvalue weighted by molar-refractivity contribution is 5.71. The van der Waals surface area contributed by atoms with Crippen molar-refractivity contribution in [1.82, 2.24) is 0 Å². The van der Waals surface area contributed by atoms with Crippen LogP contribution in [0.2, 0.25) is 0 Å². The van der Waals surface area contributed by atoms with Gasteiger partial charge in [0.2, 0.25) is 0 Å². The maximum absolute atomic E-state index is 12.8. The molecule has 382 valence electrons. The molecule has 1 unspecified atom stereocenters. The number of hydrogen-bond acceptors (Lipinski definition) is 6. The minimum absolute atomic E-state index is 0.0680. The number of allylic oxidation sites excluding steroid dienone is 4. The van der Waals surface area contributed by atoms with Crippen molar-refractivity contribution >= 4 is 17.9 Å². The predicted molar refractivity (Wildman–Crippen MR) is 279 cm³/mol. The fraction of sp³-hybridized carbons (Fsp3) is 0.881. The Kier molecular flexibility index (Phi) is 52.7.